The molecule has 28 heavy (non-hydrogen) atoms. The van der Waals surface area contributed by atoms with Crippen LogP contribution < -0.4 is 11.2 Å². The minimum absolute atomic E-state index is 0.0768. The quantitative estimate of drug-likeness (QED) is 0.719. The van der Waals surface area contributed by atoms with Gasteiger partial charge in [0, 0.05) is 54.3 Å². The number of aryl methyl sites for hydroxylation is 1. The van der Waals surface area contributed by atoms with E-state index >= 15 is 0 Å². The van der Waals surface area contributed by atoms with Crippen LogP contribution in [0.25, 0.3) is 11.3 Å². The van der Waals surface area contributed by atoms with Gasteiger partial charge in [0.2, 0.25) is 5.91 Å². The molecule has 9 heteroatoms. The van der Waals surface area contributed by atoms with E-state index in [1.54, 1.807) is 17.0 Å². The number of carbonyl (C=O) groups is 1. The molecule has 1 aliphatic rings. The topological polar surface area (TPSA) is 101 Å². The number of aromatic nitrogens is 3. The lowest BCUT2D eigenvalue weighted by molar-refractivity contribution is -0.132. The SMILES string of the molecule is O=C(CCn1ccc(=O)[nH]c1=O)N1CCc2noc(-c3ccc(Cl)cc3)c2C1. The van der Waals surface area contributed by atoms with Crippen molar-refractivity contribution in [3.8, 4) is 11.3 Å². The first-order chi connectivity index (χ1) is 13.5. The predicted octanol–water partition coefficient (Wildman–Crippen LogP) is 1.82. The molecule has 0 saturated carbocycles. The summed E-state index contributed by atoms with van der Waals surface area (Å²) in [4.78, 5) is 39.4. The molecule has 8 nitrogen and oxygen atoms in total. The number of hydrogen-bond acceptors (Lipinski definition) is 5. The summed E-state index contributed by atoms with van der Waals surface area (Å²) >= 11 is 5.94. The monoisotopic (exact) mass is 400 g/mol. The molecule has 1 amide bonds. The summed E-state index contributed by atoms with van der Waals surface area (Å²) in [6.07, 6.45) is 2.15. The highest BCUT2D eigenvalue weighted by Gasteiger charge is 2.27. The average Bonchev–Trinajstić information content (AvgIpc) is 3.11. The molecular weight excluding hydrogens is 384 g/mol. The van der Waals surface area contributed by atoms with Crippen LogP contribution in [-0.2, 0) is 24.3 Å². The van der Waals surface area contributed by atoms with Crippen molar-refractivity contribution in [1.29, 1.82) is 0 Å². The summed E-state index contributed by atoms with van der Waals surface area (Å²) in [5.41, 5.74) is 1.62. The third-order valence-corrected chi connectivity index (χ3v) is 5.01. The van der Waals surface area contributed by atoms with E-state index in [4.69, 9.17) is 16.1 Å². The zero-order valence-electron chi connectivity index (χ0n) is 14.9. The minimum atomic E-state index is -0.523. The first kappa shape index (κ1) is 18.2. The van der Waals surface area contributed by atoms with Crippen LogP contribution in [0.2, 0.25) is 5.02 Å². The number of H-pyrrole nitrogens is 1. The van der Waals surface area contributed by atoms with Gasteiger partial charge in [-0.2, -0.15) is 0 Å². The van der Waals surface area contributed by atoms with Crippen LogP contribution in [0.3, 0.4) is 0 Å². The smallest absolute Gasteiger partial charge is 0.328 e. The number of nitrogens with zero attached hydrogens (tertiary/aromatic N) is 3. The van der Waals surface area contributed by atoms with E-state index in [0.29, 0.717) is 30.3 Å². The van der Waals surface area contributed by atoms with E-state index in [-0.39, 0.29) is 18.9 Å². The van der Waals surface area contributed by atoms with Crippen molar-refractivity contribution in [2.24, 2.45) is 0 Å². The van der Waals surface area contributed by atoms with E-state index in [0.717, 1.165) is 16.8 Å². The van der Waals surface area contributed by atoms with Crippen molar-refractivity contribution < 1.29 is 9.32 Å². The molecule has 0 atom stereocenters. The van der Waals surface area contributed by atoms with Gasteiger partial charge in [-0.1, -0.05) is 16.8 Å². The Morgan fingerprint density at radius 1 is 1.21 bits per heavy atom. The summed E-state index contributed by atoms with van der Waals surface area (Å²) in [7, 11) is 0. The van der Waals surface area contributed by atoms with Crippen LogP contribution in [0.1, 0.15) is 17.7 Å². The Hall–Kier alpha value is -3.13. The molecule has 1 aliphatic heterocycles. The fraction of sp³-hybridized carbons (Fsp3) is 0.263. The summed E-state index contributed by atoms with van der Waals surface area (Å²) < 4.78 is 6.83. The molecule has 0 bridgehead atoms. The number of aromatic amines is 1. The second-order valence-corrected chi connectivity index (χ2v) is 7.00. The normalized spacial score (nSPS) is 13.4. The molecule has 1 N–H and O–H groups in total. The van der Waals surface area contributed by atoms with Crippen molar-refractivity contribution in [2.75, 3.05) is 6.54 Å². The van der Waals surface area contributed by atoms with Gasteiger partial charge in [-0.3, -0.25) is 14.6 Å². The van der Waals surface area contributed by atoms with E-state index < -0.39 is 11.2 Å². The molecule has 0 spiro atoms. The van der Waals surface area contributed by atoms with Crippen LogP contribution in [0, 0.1) is 0 Å². The molecule has 1 aromatic carbocycles. The number of hydrogen-bond donors (Lipinski definition) is 1. The van der Waals surface area contributed by atoms with Gasteiger partial charge in [-0.05, 0) is 24.3 Å². The minimum Gasteiger partial charge on any atom is -0.356 e. The molecule has 4 rings (SSSR count). The molecule has 0 radical (unpaired) electrons. The van der Waals surface area contributed by atoms with Gasteiger partial charge < -0.3 is 14.0 Å². The van der Waals surface area contributed by atoms with Gasteiger partial charge in [-0.15, -0.1) is 0 Å². The third-order valence-electron chi connectivity index (χ3n) is 4.76. The van der Waals surface area contributed by atoms with Crippen molar-refractivity contribution in [3.63, 3.8) is 0 Å². The van der Waals surface area contributed by atoms with Crippen LogP contribution in [0.15, 0.2) is 50.6 Å². The highest BCUT2D eigenvalue weighted by molar-refractivity contribution is 6.30. The summed E-state index contributed by atoms with van der Waals surface area (Å²) in [6.45, 7) is 1.14. The molecule has 3 heterocycles. The van der Waals surface area contributed by atoms with Crippen molar-refractivity contribution in [3.05, 3.63) is 73.6 Å². The van der Waals surface area contributed by atoms with Gasteiger partial charge in [0.1, 0.15) is 0 Å². The standard InChI is InChI=1S/C19H17ClN4O4/c20-13-3-1-12(2-4-13)18-14-11-24(8-5-15(14)22-28-18)17(26)7-10-23-9-6-16(25)21-19(23)27/h1-4,6,9H,5,7-8,10-11H2,(H,21,25,27). The lowest BCUT2D eigenvalue weighted by Gasteiger charge is -2.26. The van der Waals surface area contributed by atoms with Gasteiger partial charge in [0.05, 0.1) is 12.2 Å². The second-order valence-electron chi connectivity index (χ2n) is 6.56. The van der Waals surface area contributed by atoms with Crippen LogP contribution in [0.4, 0.5) is 0 Å². The number of benzene rings is 1. The fourth-order valence-corrected chi connectivity index (χ4v) is 3.37. The molecule has 144 valence electrons. The molecule has 0 unspecified atom stereocenters. The van der Waals surface area contributed by atoms with Crippen molar-refractivity contribution in [1.82, 2.24) is 19.6 Å². The number of carbonyl (C=O) groups excluding carboxylic acids is 1. The Balaban J connectivity index is 1.48. The largest absolute Gasteiger partial charge is 0.356 e. The molecule has 3 aromatic rings. The van der Waals surface area contributed by atoms with Gasteiger partial charge in [0.15, 0.2) is 5.76 Å². The Morgan fingerprint density at radius 2 is 2.00 bits per heavy atom. The first-order valence-electron chi connectivity index (χ1n) is 8.82. The molecule has 2 aromatic heterocycles. The zero-order valence-corrected chi connectivity index (χ0v) is 15.6. The zero-order chi connectivity index (χ0) is 19.7. The van der Waals surface area contributed by atoms with Crippen LogP contribution in [0.5, 0.6) is 0 Å². The number of nitrogens with one attached hydrogen (secondary N) is 1. The molecule has 0 aliphatic carbocycles. The fourth-order valence-electron chi connectivity index (χ4n) is 3.25. The highest BCUT2D eigenvalue weighted by Crippen LogP contribution is 2.31. The maximum atomic E-state index is 12.6. The maximum absolute atomic E-state index is 12.6. The van der Waals surface area contributed by atoms with E-state index in [2.05, 4.69) is 10.1 Å². The lowest BCUT2D eigenvalue weighted by atomic mass is 10.0. The summed E-state index contributed by atoms with van der Waals surface area (Å²) in [6, 6.07) is 8.52. The second kappa shape index (κ2) is 7.47. The molecule has 0 saturated heterocycles. The molecule has 0 fully saturated rings. The number of amides is 1. The van der Waals surface area contributed by atoms with E-state index in [1.165, 1.54) is 16.8 Å². The Kier molecular flexibility index (Phi) is 4.87. The van der Waals surface area contributed by atoms with Crippen molar-refractivity contribution in [2.45, 2.75) is 25.9 Å². The summed E-state index contributed by atoms with van der Waals surface area (Å²) in [5.74, 6) is 0.563. The molecular formula is C19H17ClN4O4. The number of halogens is 1. The van der Waals surface area contributed by atoms with Gasteiger partial charge in [0.25, 0.3) is 5.56 Å². The Morgan fingerprint density at radius 3 is 2.75 bits per heavy atom. The predicted molar refractivity (Wildman–Crippen MR) is 102 cm³/mol. The van der Waals surface area contributed by atoms with E-state index in [9.17, 15) is 14.4 Å². The Labute approximate surface area is 164 Å². The van der Waals surface area contributed by atoms with Crippen molar-refractivity contribution >= 4 is 17.5 Å². The van der Waals surface area contributed by atoms with Crippen LogP contribution >= 0.6 is 11.6 Å². The average molecular weight is 401 g/mol. The maximum Gasteiger partial charge on any atom is 0.328 e. The summed E-state index contributed by atoms with van der Waals surface area (Å²) in [5, 5.41) is 4.77. The number of rotatable bonds is 4. The Bertz CT molecular complexity index is 1130. The third kappa shape index (κ3) is 3.63. The van der Waals surface area contributed by atoms with Gasteiger partial charge >= 0.3 is 5.69 Å². The van der Waals surface area contributed by atoms with Crippen LogP contribution in [-0.4, -0.2) is 32.1 Å². The highest BCUT2D eigenvalue weighted by atomic mass is 35.5. The van der Waals surface area contributed by atoms with E-state index in [1.807, 2.05) is 12.1 Å². The van der Waals surface area contributed by atoms with Gasteiger partial charge in [-0.25, -0.2) is 4.79 Å². The number of fused-ring (bicyclic) bond motifs is 1. The first-order valence-corrected chi connectivity index (χ1v) is 9.20. The lowest BCUT2D eigenvalue weighted by Crippen LogP contribution is -2.37.